The topological polar surface area (TPSA) is 27.1 Å². The van der Waals surface area contributed by atoms with E-state index in [0.717, 1.165) is 23.6 Å². The minimum absolute atomic E-state index is 0. The normalized spacial score (nSPS) is 21.6. The first kappa shape index (κ1) is 14.7. The SMILES string of the molecule is F[B-](F)(F)c1ccnn1C1CCCCO1.[K+]. The second-order valence-electron chi connectivity index (χ2n) is 3.60. The van der Waals surface area contributed by atoms with Gasteiger partial charge in [-0.25, -0.2) is 0 Å². The molecule has 0 aromatic carbocycles. The molecule has 1 aromatic heterocycles. The van der Waals surface area contributed by atoms with Crippen molar-refractivity contribution in [3.8, 4) is 0 Å². The summed E-state index contributed by atoms with van der Waals surface area (Å²) in [5.74, 6) is 0. The van der Waals surface area contributed by atoms with Crippen molar-refractivity contribution < 1.29 is 69.1 Å². The third-order valence-corrected chi connectivity index (χ3v) is 2.46. The minimum Gasteiger partial charge on any atom is -0.444 e. The fourth-order valence-corrected chi connectivity index (χ4v) is 1.74. The van der Waals surface area contributed by atoms with Crippen molar-refractivity contribution in [2.24, 2.45) is 0 Å². The second-order valence-corrected chi connectivity index (χ2v) is 3.60. The van der Waals surface area contributed by atoms with Crippen LogP contribution in [0.2, 0.25) is 0 Å². The number of ether oxygens (including phenoxy) is 1. The van der Waals surface area contributed by atoms with Crippen LogP contribution in [0.1, 0.15) is 25.5 Å². The zero-order chi connectivity index (χ0) is 10.9. The van der Waals surface area contributed by atoms with Gasteiger partial charge in [-0.05, 0) is 24.9 Å². The molecule has 0 spiro atoms. The molecule has 84 valence electrons. The van der Waals surface area contributed by atoms with Gasteiger partial charge in [-0.3, -0.25) is 4.68 Å². The monoisotopic (exact) mass is 258 g/mol. The Morgan fingerprint density at radius 3 is 2.69 bits per heavy atom. The predicted octanol–water partition coefficient (Wildman–Crippen LogP) is -1.36. The van der Waals surface area contributed by atoms with E-state index in [1.807, 2.05) is 0 Å². The van der Waals surface area contributed by atoms with Gasteiger partial charge in [-0.2, -0.15) is 5.10 Å². The molecule has 0 aliphatic carbocycles. The summed E-state index contributed by atoms with van der Waals surface area (Å²) in [6, 6.07) is 0.998. The van der Waals surface area contributed by atoms with Gasteiger partial charge >= 0.3 is 58.4 Å². The summed E-state index contributed by atoms with van der Waals surface area (Å²) in [6.07, 6.45) is 3.01. The summed E-state index contributed by atoms with van der Waals surface area (Å²) in [7, 11) is 0. The maximum atomic E-state index is 12.6. The van der Waals surface area contributed by atoms with Crippen LogP contribution in [0.5, 0.6) is 0 Å². The summed E-state index contributed by atoms with van der Waals surface area (Å²) in [5.41, 5.74) is -0.679. The van der Waals surface area contributed by atoms with Gasteiger partial charge in [-0.15, -0.1) is 0 Å². The number of hydrogen-bond acceptors (Lipinski definition) is 2. The molecule has 3 nitrogen and oxygen atoms in total. The maximum Gasteiger partial charge on any atom is 1.00 e. The molecule has 1 fully saturated rings. The van der Waals surface area contributed by atoms with E-state index in [4.69, 9.17) is 4.74 Å². The Hall–Kier alpha value is 0.661. The molecule has 2 heterocycles. The molecule has 16 heavy (non-hydrogen) atoms. The second kappa shape index (κ2) is 6.01. The quantitative estimate of drug-likeness (QED) is 0.613. The molecule has 0 radical (unpaired) electrons. The Morgan fingerprint density at radius 1 is 1.38 bits per heavy atom. The first-order chi connectivity index (χ1) is 7.09. The van der Waals surface area contributed by atoms with Crippen LogP contribution in [0.15, 0.2) is 12.3 Å². The largest absolute Gasteiger partial charge is 1.00 e. The smallest absolute Gasteiger partial charge is 0.444 e. The van der Waals surface area contributed by atoms with Crippen molar-refractivity contribution in [3.63, 3.8) is 0 Å². The van der Waals surface area contributed by atoms with Crippen molar-refractivity contribution in [2.45, 2.75) is 25.5 Å². The van der Waals surface area contributed by atoms with E-state index in [1.54, 1.807) is 0 Å². The van der Waals surface area contributed by atoms with Crippen molar-refractivity contribution >= 4 is 12.6 Å². The predicted molar refractivity (Wildman–Crippen MR) is 49.8 cm³/mol. The fraction of sp³-hybridized carbons (Fsp3) is 0.625. The molecule has 1 aromatic rings. The van der Waals surface area contributed by atoms with Gasteiger partial charge in [0.05, 0.1) is 0 Å². The van der Waals surface area contributed by atoms with Gasteiger partial charge in [0.15, 0.2) is 0 Å². The van der Waals surface area contributed by atoms with E-state index < -0.39 is 18.8 Å². The molecule has 0 saturated carbocycles. The molecule has 8 heteroatoms. The Bertz CT molecular complexity index is 338. The first-order valence-electron chi connectivity index (χ1n) is 4.94. The van der Waals surface area contributed by atoms with Gasteiger partial charge in [0.1, 0.15) is 6.23 Å². The van der Waals surface area contributed by atoms with E-state index in [1.165, 1.54) is 6.20 Å². The average Bonchev–Trinajstić information content (AvgIpc) is 2.67. The molecule has 1 saturated heterocycles. The van der Waals surface area contributed by atoms with Crippen molar-refractivity contribution in [1.82, 2.24) is 9.78 Å². The van der Waals surface area contributed by atoms with Crippen LogP contribution in [0, 0.1) is 0 Å². The Balaban J connectivity index is 0.00000128. The van der Waals surface area contributed by atoms with Crippen LogP contribution >= 0.6 is 0 Å². The minimum atomic E-state index is -5.01. The van der Waals surface area contributed by atoms with E-state index in [9.17, 15) is 12.9 Å². The Labute approximate surface area is 134 Å². The third kappa shape index (κ3) is 3.33. The zero-order valence-corrected chi connectivity index (χ0v) is 12.2. The summed E-state index contributed by atoms with van der Waals surface area (Å²) < 4.78 is 44.0. The summed E-state index contributed by atoms with van der Waals surface area (Å²) in [5, 5.41) is 3.69. The molecule has 0 bridgehead atoms. The molecule has 2 rings (SSSR count). The number of halogens is 3. The summed E-state index contributed by atoms with van der Waals surface area (Å²) in [4.78, 5) is 0. The number of nitrogens with zero attached hydrogens (tertiary/aromatic N) is 2. The van der Waals surface area contributed by atoms with Crippen molar-refractivity contribution in [3.05, 3.63) is 12.3 Å². The van der Waals surface area contributed by atoms with Gasteiger partial charge in [-0.1, -0.05) is 6.07 Å². The average molecular weight is 258 g/mol. The van der Waals surface area contributed by atoms with E-state index in [-0.39, 0.29) is 51.4 Å². The standard InChI is InChI=1S/C8H11BF3N2O.K/c10-9(11,12)7-4-5-13-14(7)8-3-1-2-6-15-8;/h4-5,8H,1-3,6H2;/q-1;+1. The van der Waals surface area contributed by atoms with Gasteiger partial charge in [0, 0.05) is 12.8 Å². The van der Waals surface area contributed by atoms with E-state index in [2.05, 4.69) is 5.10 Å². The Morgan fingerprint density at radius 2 is 2.12 bits per heavy atom. The number of hydrogen-bond donors (Lipinski definition) is 0. The van der Waals surface area contributed by atoms with Crippen LogP contribution in [0.3, 0.4) is 0 Å². The van der Waals surface area contributed by atoms with Gasteiger partial charge in [0.25, 0.3) is 0 Å². The molecular weight excluding hydrogens is 247 g/mol. The molecule has 1 unspecified atom stereocenters. The molecule has 1 aliphatic heterocycles. The molecule has 1 atom stereocenters. The van der Waals surface area contributed by atoms with Crippen LogP contribution in [-0.4, -0.2) is 23.4 Å². The van der Waals surface area contributed by atoms with E-state index in [0.29, 0.717) is 13.0 Å². The summed E-state index contributed by atoms with van der Waals surface area (Å²) >= 11 is 0. The van der Waals surface area contributed by atoms with Crippen LogP contribution < -0.4 is 57.0 Å². The first-order valence-corrected chi connectivity index (χ1v) is 4.94. The van der Waals surface area contributed by atoms with E-state index >= 15 is 0 Å². The fourth-order valence-electron chi connectivity index (χ4n) is 1.74. The van der Waals surface area contributed by atoms with Crippen LogP contribution in [-0.2, 0) is 4.74 Å². The Kier molecular flexibility index (Phi) is 5.53. The van der Waals surface area contributed by atoms with Crippen LogP contribution in [0.25, 0.3) is 0 Å². The molecular formula is C8H11BF3KN2O. The summed E-state index contributed by atoms with van der Waals surface area (Å²) in [6.45, 7) is -4.50. The third-order valence-electron chi connectivity index (χ3n) is 2.46. The van der Waals surface area contributed by atoms with Crippen LogP contribution in [0.4, 0.5) is 12.9 Å². The van der Waals surface area contributed by atoms with Gasteiger partial charge in [0.2, 0.25) is 0 Å². The maximum absolute atomic E-state index is 12.6. The van der Waals surface area contributed by atoms with Crippen molar-refractivity contribution in [2.75, 3.05) is 6.61 Å². The molecule has 0 amide bonds. The zero-order valence-electron chi connectivity index (χ0n) is 9.07. The van der Waals surface area contributed by atoms with Crippen molar-refractivity contribution in [1.29, 1.82) is 0 Å². The molecule has 0 N–H and O–H groups in total. The number of aromatic nitrogens is 2. The van der Waals surface area contributed by atoms with Gasteiger partial charge < -0.3 is 17.7 Å². The molecule has 1 aliphatic rings. The number of rotatable bonds is 2.